The minimum atomic E-state index is 0.426. The fourth-order valence-corrected chi connectivity index (χ4v) is 3.26. The van der Waals surface area contributed by atoms with E-state index in [1.165, 1.54) is 10.5 Å². The maximum atomic E-state index is 4.59. The lowest BCUT2D eigenvalue weighted by Gasteiger charge is -2.14. The molecule has 2 N–H and O–H groups in total. The second-order valence-electron chi connectivity index (χ2n) is 4.98. The highest BCUT2D eigenvalue weighted by Gasteiger charge is 2.07. The largest absolute Gasteiger partial charge is 0.333 e. The van der Waals surface area contributed by atoms with Crippen molar-refractivity contribution >= 4 is 22.8 Å². The summed E-state index contributed by atoms with van der Waals surface area (Å²) in [6.07, 6.45) is 1.09. The van der Waals surface area contributed by atoms with E-state index in [9.17, 15) is 0 Å². The standard InChI is InChI=1S/C17H19N3S/c1-3-14(18-2)12-8-10-13(11-9-12)21-17-19-15-6-4-5-7-16(15)20-17/h4-11,14,18H,3H2,1-2H3,(H,19,20). The van der Waals surface area contributed by atoms with Crippen molar-refractivity contribution in [2.45, 2.75) is 29.4 Å². The van der Waals surface area contributed by atoms with Crippen LogP contribution in [0.2, 0.25) is 0 Å². The van der Waals surface area contributed by atoms with Gasteiger partial charge in [0.05, 0.1) is 11.0 Å². The number of imidazole rings is 1. The lowest BCUT2D eigenvalue weighted by Crippen LogP contribution is -2.14. The van der Waals surface area contributed by atoms with Crippen LogP contribution < -0.4 is 5.32 Å². The summed E-state index contributed by atoms with van der Waals surface area (Å²) in [7, 11) is 2.01. The average Bonchev–Trinajstić information content (AvgIpc) is 2.92. The van der Waals surface area contributed by atoms with Crippen LogP contribution in [0.4, 0.5) is 0 Å². The first-order chi connectivity index (χ1) is 10.3. The van der Waals surface area contributed by atoms with E-state index in [4.69, 9.17) is 0 Å². The zero-order valence-corrected chi connectivity index (χ0v) is 13.1. The Hall–Kier alpha value is -1.78. The van der Waals surface area contributed by atoms with Crippen molar-refractivity contribution < 1.29 is 0 Å². The molecule has 0 saturated heterocycles. The molecule has 1 aromatic heterocycles. The molecule has 108 valence electrons. The van der Waals surface area contributed by atoms with Gasteiger partial charge in [-0.25, -0.2) is 4.98 Å². The van der Waals surface area contributed by atoms with Crippen LogP contribution >= 0.6 is 11.8 Å². The summed E-state index contributed by atoms with van der Waals surface area (Å²) in [6, 6.07) is 17.2. The molecule has 3 aromatic rings. The number of aromatic amines is 1. The summed E-state index contributed by atoms with van der Waals surface area (Å²) in [5.74, 6) is 0. The predicted octanol–water partition coefficient (Wildman–Crippen LogP) is 4.38. The Morgan fingerprint density at radius 1 is 1.14 bits per heavy atom. The third-order valence-electron chi connectivity index (χ3n) is 3.62. The van der Waals surface area contributed by atoms with Gasteiger partial charge in [-0.2, -0.15) is 0 Å². The number of para-hydroxylation sites is 2. The van der Waals surface area contributed by atoms with Gasteiger partial charge in [0.2, 0.25) is 0 Å². The second-order valence-corrected chi connectivity index (χ2v) is 6.04. The van der Waals surface area contributed by atoms with E-state index < -0.39 is 0 Å². The van der Waals surface area contributed by atoms with E-state index in [-0.39, 0.29) is 0 Å². The highest BCUT2D eigenvalue weighted by molar-refractivity contribution is 7.99. The van der Waals surface area contributed by atoms with Gasteiger partial charge >= 0.3 is 0 Å². The fourth-order valence-electron chi connectivity index (χ4n) is 2.46. The monoisotopic (exact) mass is 297 g/mol. The van der Waals surface area contributed by atoms with Crippen LogP contribution in [0.1, 0.15) is 24.9 Å². The van der Waals surface area contributed by atoms with Crippen molar-refractivity contribution in [1.82, 2.24) is 15.3 Å². The first-order valence-corrected chi connectivity index (χ1v) is 8.01. The maximum absolute atomic E-state index is 4.59. The van der Waals surface area contributed by atoms with Gasteiger partial charge in [0.15, 0.2) is 5.16 Å². The highest BCUT2D eigenvalue weighted by Crippen LogP contribution is 2.28. The zero-order chi connectivity index (χ0) is 14.7. The Morgan fingerprint density at radius 3 is 2.57 bits per heavy atom. The normalized spacial score (nSPS) is 12.7. The molecule has 1 heterocycles. The molecule has 0 bridgehead atoms. The minimum absolute atomic E-state index is 0.426. The number of rotatable bonds is 5. The molecular weight excluding hydrogens is 278 g/mol. The first-order valence-electron chi connectivity index (χ1n) is 7.20. The van der Waals surface area contributed by atoms with Gasteiger partial charge in [-0.15, -0.1) is 0 Å². The molecule has 0 amide bonds. The van der Waals surface area contributed by atoms with Crippen LogP contribution in [0.5, 0.6) is 0 Å². The zero-order valence-electron chi connectivity index (χ0n) is 12.3. The summed E-state index contributed by atoms with van der Waals surface area (Å²) < 4.78 is 0. The van der Waals surface area contributed by atoms with Crippen LogP contribution in [0, 0.1) is 0 Å². The van der Waals surface area contributed by atoms with E-state index >= 15 is 0 Å². The molecule has 0 fully saturated rings. The molecule has 0 radical (unpaired) electrons. The fraction of sp³-hybridized carbons (Fsp3) is 0.235. The molecule has 0 aliphatic rings. The van der Waals surface area contributed by atoms with Crippen molar-refractivity contribution in [3.8, 4) is 0 Å². The van der Waals surface area contributed by atoms with Gasteiger partial charge in [0, 0.05) is 10.9 Å². The molecule has 3 rings (SSSR count). The summed E-state index contributed by atoms with van der Waals surface area (Å²) in [5, 5.41) is 4.26. The lowest BCUT2D eigenvalue weighted by molar-refractivity contribution is 0.576. The van der Waals surface area contributed by atoms with Crippen molar-refractivity contribution in [3.63, 3.8) is 0 Å². The first kappa shape index (κ1) is 14.2. The quantitative estimate of drug-likeness (QED) is 0.734. The van der Waals surface area contributed by atoms with E-state index in [0.29, 0.717) is 6.04 Å². The van der Waals surface area contributed by atoms with Gasteiger partial charge in [-0.05, 0) is 43.3 Å². The number of hydrogen-bond donors (Lipinski definition) is 2. The Labute approximate surface area is 129 Å². The molecule has 0 aliphatic carbocycles. The van der Waals surface area contributed by atoms with Crippen LogP contribution in [0.25, 0.3) is 11.0 Å². The van der Waals surface area contributed by atoms with Crippen molar-refractivity contribution in [1.29, 1.82) is 0 Å². The molecule has 0 saturated carbocycles. The van der Waals surface area contributed by atoms with Crippen molar-refractivity contribution in [3.05, 3.63) is 54.1 Å². The SMILES string of the molecule is CCC(NC)c1ccc(Sc2nc3ccccc3[nH]2)cc1. The molecule has 21 heavy (non-hydrogen) atoms. The number of benzene rings is 2. The van der Waals surface area contributed by atoms with Crippen LogP contribution in [0.3, 0.4) is 0 Å². The van der Waals surface area contributed by atoms with Gasteiger partial charge in [-0.3, -0.25) is 0 Å². The highest BCUT2D eigenvalue weighted by atomic mass is 32.2. The summed E-state index contributed by atoms with van der Waals surface area (Å²) in [6.45, 7) is 2.19. The maximum Gasteiger partial charge on any atom is 0.171 e. The van der Waals surface area contributed by atoms with Crippen LogP contribution in [0.15, 0.2) is 58.6 Å². The van der Waals surface area contributed by atoms with Crippen molar-refractivity contribution in [2.75, 3.05) is 7.05 Å². The second kappa shape index (κ2) is 6.33. The third kappa shape index (κ3) is 3.12. The number of hydrogen-bond acceptors (Lipinski definition) is 3. The van der Waals surface area contributed by atoms with E-state index in [1.807, 2.05) is 31.3 Å². The van der Waals surface area contributed by atoms with Crippen LogP contribution in [-0.4, -0.2) is 17.0 Å². The molecule has 1 atom stereocenters. The lowest BCUT2D eigenvalue weighted by atomic mass is 10.1. The van der Waals surface area contributed by atoms with E-state index in [1.54, 1.807) is 11.8 Å². The summed E-state index contributed by atoms with van der Waals surface area (Å²) in [4.78, 5) is 9.13. The smallest absolute Gasteiger partial charge is 0.171 e. The Bertz CT molecular complexity index is 681. The average molecular weight is 297 g/mol. The summed E-state index contributed by atoms with van der Waals surface area (Å²) >= 11 is 1.66. The Morgan fingerprint density at radius 2 is 1.90 bits per heavy atom. The molecular formula is C17H19N3S. The number of H-pyrrole nitrogens is 1. The molecule has 0 spiro atoms. The van der Waals surface area contributed by atoms with Crippen molar-refractivity contribution in [2.24, 2.45) is 0 Å². The summed E-state index contributed by atoms with van der Waals surface area (Å²) in [5.41, 5.74) is 3.42. The number of aromatic nitrogens is 2. The topological polar surface area (TPSA) is 40.7 Å². The molecule has 1 unspecified atom stereocenters. The van der Waals surface area contributed by atoms with Gasteiger partial charge < -0.3 is 10.3 Å². The van der Waals surface area contributed by atoms with Crippen LogP contribution in [-0.2, 0) is 0 Å². The van der Waals surface area contributed by atoms with Gasteiger partial charge in [-0.1, -0.05) is 43.0 Å². The van der Waals surface area contributed by atoms with E-state index in [0.717, 1.165) is 22.6 Å². The van der Waals surface area contributed by atoms with Gasteiger partial charge in [0.1, 0.15) is 0 Å². The molecule has 0 aliphatic heterocycles. The molecule has 2 aromatic carbocycles. The third-order valence-corrected chi connectivity index (χ3v) is 4.52. The minimum Gasteiger partial charge on any atom is -0.333 e. The Balaban J connectivity index is 1.78. The number of fused-ring (bicyclic) bond motifs is 1. The number of nitrogens with zero attached hydrogens (tertiary/aromatic N) is 1. The number of nitrogens with one attached hydrogen (secondary N) is 2. The van der Waals surface area contributed by atoms with E-state index in [2.05, 4.69) is 46.5 Å². The van der Waals surface area contributed by atoms with Gasteiger partial charge in [0.25, 0.3) is 0 Å². The Kier molecular flexibility index (Phi) is 4.27. The molecule has 4 heteroatoms. The molecule has 3 nitrogen and oxygen atoms in total. The predicted molar refractivity (Wildman–Crippen MR) is 88.8 cm³/mol.